The summed E-state index contributed by atoms with van der Waals surface area (Å²) in [5.74, 6) is 1.31. The van der Waals surface area contributed by atoms with Gasteiger partial charge in [-0.25, -0.2) is 12.7 Å². The minimum atomic E-state index is -3.56. The monoisotopic (exact) mass is 446 g/mol. The summed E-state index contributed by atoms with van der Waals surface area (Å²) in [6, 6.07) is 13.7. The first kappa shape index (κ1) is 23.1. The molecule has 0 saturated heterocycles. The van der Waals surface area contributed by atoms with Crippen LogP contribution < -0.4 is 14.8 Å². The minimum Gasteiger partial charge on any atom is -0.497 e. The van der Waals surface area contributed by atoms with Gasteiger partial charge in [-0.15, -0.1) is 0 Å². The molecule has 1 N–H and O–H groups in total. The SMILES string of the molecule is COc1ccc2c(c1)[C@H](NC(=O)CCCN(C)S(=O)(=O)c1ccccc1)CC(C)(C)O2. The Kier molecular flexibility index (Phi) is 6.91. The number of fused-ring (bicyclic) bond motifs is 1. The van der Waals surface area contributed by atoms with Crippen LogP contribution in [0, 0.1) is 0 Å². The molecule has 0 unspecified atom stereocenters. The molecule has 168 valence electrons. The van der Waals surface area contributed by atoms with Crippen LogP contribution >= 0.6 is 0 Å². The van der Waals surface area contributed by atoms with Crippen LogP contribution in [0.25, 0.3) is 0 Å². The zero-order valence-electron chi connectivity index (χ0n) is 18.4. The van der Waals surface area contributed by atoms with E-state index in [1.165, 1.54) is 11.4 Å². The molecule has 0 fully saturated rings. The largest absolute Gasteiger partial charge is 0.497 e. The molecular formula is C23H30N2O5S. The molecule has 3 rings (SSSR count). The molecule has 0 bridgehead atoms. The summed E-state index contributed by atoms with van der Waals surface area (Å²) in [4.78, 5) is 12.9. The highest BCUT2D eigenvalue weighted by Crippen LogP contribution is 2.41. The molecule has 0 aromatic heterocycles. The average Bonchev–Trinajstić information content (AvgIpc) is 2.73. The molecule has 1 amide bonds. The molecule has 31 heavy (non-hydrogen) atoms. The van der Waals surface area contributed by atoms with Crippen molar-refractivity contribution >= 4 is 15.9 Å². The lowest BCUT2D eigenvalue weighted by molar-refractivity contribution is -0.122. The van der Waals surface area contributed by atoms with E-state index in [2.05, 4.69) is 5.32 Å². The van der Waals surface area contributed by atoms with Crippen molar-refractivity contribution in [2.45, 2.75) is 49.6 Å². The van der Waals surface area contributed by atoms with Crippen molar-refractivity contribution in [2.24, 2.45) is 0 Å². The van der Waals surface area contributed by atoms with E-state index in [9.17, 15) is 13.2 Å². The van der Waals surface area contributed by atoms with Gasteiger partial charge in [0.15, 0.2) is 0 Å². The summed E-state index contributed by atoms with van der Waals surface area (Å²) < 4.78 is 37.8. The standard InChI is InChI=1S/C23H30N2O5S/c1-23(2)16-20(19-15-17(29-4)12-13-21(19)30-23)24-22(26)11-8-14-25(3)31(27,28)18-9-6-5-7-10-18/h5-7,9-10,12-13,15,20H,8,11,14,16H2,1-4H3,(H,24,26)/t20-/m1/s1. The lowest BCUT2D eigenvalue weighted by Gasteiger charge is -2.38. The Morgan fingerprint density at radius 2 is 1.94 bits per heavy atom. The van der Waals surface area contributed by atoms with Crippen molar-refractivity contribution in [3.63, 3.8) is 0 Å². The van der Waals surface area contributed by atoms with E-state index in [-0.39, 0.29) is 29.8 Å². The first-order valence-electron chi connectivity index (χ1n) is 10.3. The fourth-order valence-corrected chi connectivity index (χ4v) is 4.94. The predicted octanol–water partition coefficient (Wildman–Crippen LogP) is 3.51. The van der Waals surface area contributed by atoms with Crippen molar-refractivity contribution in [3.05, 3.63) is 54.1 Å². The Balaban J connectivity index is 1.60. The van der Waals surface area contributed by atoms with Crippen LogP contribution in [-0.4, -0.2) is 44.9 Å². The van der Waals surface area contributed by atoms with Gasteiger partial charge in [0.2, 0.25) is 15.9 Å². The Hall–Kier alpha value is -2.58. The number of nitrogens with zero attached hydrogens (tertiary/aromatic N) is 1. The van der Waals surface area contributed by atoms with Gasteiger partial charge in [0.1, 0.15) is 17.1 Å². The van der Waals surface area contributed by atoms with Gasteiger partial charge >= 0.3 is 0 Å². The molecule has 1 aliphatic rings. The van der Waals surface area contributed by atoms with Gasteiger partial charge in [0, 0.05) is 32.0 Å². The van der Waals surface area contributed by atoms with Gasteiger partial charge in [-0.2, -0.15) is 0 Å². The normalized spacial score (nSPS) is 17.5. The van der Waals surface area contributed by atoms with Gasteiger partial charge in [-0.05, 0) is 50.6 Å². The van der Waals surface area contributed by atoms with Crippen LogP contribution in [0.15, 0.2) is 53.4 Å². The molecular weight excluding hydrogens is 416 g/mol. The van der Waals surface area contributed by atoms with E-state index < -0.39 is 15.6 Å². The third-order valence-corrected chi connectivity index (χ3v) is 7.21. The fraction of sp³-hybridized carbons (Fsp3) is 0.435. The van der Waals surface area contributed by atoms with Crippen LogP contribution in [0.4, 0.5) is 0 Å². The molecule has 0 radical (unpaired) electrons. The first-order valence-corrected chi connectivity index (χ1v) is 11.7. The number of carbonyl (C=O) groups is 1. The maximum absolute atomic E-state index is 12.6. The molecule has 0 aliphatic carbocycles. The Bertz CT molecular complexity index is 1020. The highest BCUT2D eigenvalue weighted by atomic mass is 32.2. The maximum Gasteiger partial charge on any atom is 0.242 e. The van der Waals surface area contributed by atoms with Crippen LogP contribution in [0.3, 0.4) is 0 Å². The number of rotatable bonds is 8. The third-order valence-electron chi connectivity index (χ3n) is 5.34. The van der Waals surface area contributed by atoms with Crippen LogP contribution in [0.1, 0.15) is 44.7 Å². The van der Waals surface area contributed by atoms with Gasteiger partial charge in [-0.3, -0.25) is 4.79 Å². The third kappa shape index (κ3) is 5.57. The summed E-state index contributed by atoms with van der Waals surface area (Å²) in [5.41, 5.74) is 0.472. The molecule has 1 aliphatic heterocycles. The second-order valence-corrected chi connectivity index (χ2v) is 10.4. The minimum absolute atomic E-state index is 0.123. The van der Waals surface area contributed by atoms with E-state index >= 15 is 0 Å². The number of sulfonamides is 1. The van der Waals surface area contributed by atoms with Crippen LogP contribution in [0.2, 0.25) is 0 Å². The van der Waals surface area contributed by atoms with E-state index in [0.29, 0.717) is 18.6 Å². The van der Waals surface area contributed by atoms with Crippen molar-refractivity contribution < 1.29 is 22.7 Å². The molecule has 2 aromatic carbocycles. The Morgan fingerprint density at radius 1 is 1.23 bits per heavy atom. The summed E-state index contributed by atoms with van der Waals surface area (Å²) in [7, 11) is -0.424. The van der Waals surface area contributed by atoms with Gasteiger partial charge in [0.05, 0.1) is 18.0 Å². The number of ether oxygens (including phenoxy) is 2. The quantitative estimate of drug-likeness (QED) is 0.671. The van der Waals surface area contributed by atoms with Crippen LogP contribution in [0.5, 0.6) is 11.5 Å². The Morgan fingerprint density at radius 3 is 2.61 bits per heavy atom. The van der Waals surface area contributed by atoms with Crippen molar-refractivity contribution in [2.75, 3.05) is 20.7 Å². The lowest BCUT2D eigenvalue weighted by atomic mass is 9.89. The number of nitrogens with one attached hydrogen (secondary N) is 1. The molecule has 1 heterocycles. The van der Waals surface area contributed by atoms with Gasteiger partial charge in [-0.1, -0.05) is 18.2 Å². The van der Waals surface area contributed by atoms with E-state index in [1.807, 2.05) is 32.0 Å². The number of amides is 1. The molecule has 1 atom stereocenters. The second kappa shape index (κ2) is 9.28. The first-order chi connectivity index (χ1) is 14.6. The smallest absolute Gasteiger partial charge is 0.242 e. The molecule has 8 heteroatoms. The van der Waals surface area contributed by atoms with Crippen LogP contribution in [-0.2, 0) is 14.8 Å². The van der Waals surface area contributed by atoms with Gasteiger partial charge < -0.3 is 14.8 Å². The highest BCUT2D eigenvalue weighted by molar-refractivity contribution is 7.89. The topological polar surface area (TPSA) is 84.9 Å². The van der Waals surface area contributed by atoms with Crippen molar-refractivity contribution in [1.29, 1.82) is 0 Å². The van der Waals surface area contributed by atoms with E-state index in [4.69, 9.17) is 9.47 Å². The molecule has 7 nitrogen and oxygen atoms in total. The van der Waals surface area contributed by atoms with Gasteiger partial charge in [0.25, 0.3) is 0 Å². The highest BCUT2D eigenvalue weighted by Gasteiger charge is 2.34. The zero-order chi connectivity index (χ0) is 22.6. The number of benzene rings is 2. The lowest BCUT2D eigenvalue weighted by Crippen LogP contribution is -2.41. The number of carbonyl (C=O) groups excluding carboxylic acids is 1. The second-order valence-electron chi connectivity index (χ2n) is 8.33. The number of methoxy groups -OCH3 is 1. The van der Waals surface area contributed by atoms with Crippen molar-refractivity contribution in [3.8, 4) is 11.5 Å². The molecule has 0 saturated carbocycles. The number of hydrogen-bond acceptors (Lipinski definition) is 5. The molecule has 2 aromatic rings. The zero-order valence-corrected chi connectivity index (χ0v) is 19.2. The Labute approximate surface area is 184 Å². The maximum atomic E-state index is 12.6. The summed E-state index contributed by atoms with van der Waals surface area (Å²) in [6.07, 6.45) is 1.28. The summed E-state index contributed by atoms with van der Waals surface area (Å²) in [6.45, 7) is 4.24. The number of hydrogen-bond donors (Lipinski definition) is 1. The summed E-state index contributed by atoms with van der Waals surface area (Å²) in [5, 5.41) is 3.08. The fourth-order valence-electron chi connectivity index (χ4n) is 3.71. The van der Waals surface area contributed by atoms with E-state index in [0.717, 1.165) is 11.3 Å². The average molecular weight is 447 g/mol. The van der Waals surface area contributed by atoms with Crippen molar-refractivity contribution in [1.82, 2.24) is 9.62 Å². The summed E-state index contributed by atoms with van der Waals surface area (Å²) >= 11 is 0. The molecule has 0 spiro atoms. The predicted molar refractivity (Wildman–Crippen MR) is 119 cm³/mol. The van der Waals surface area contributed by atoms with E-state index in [1.54, 1.807) is 37.4 Å².